The molecule has 0 radical (unpaired) electrons. The van der Waals surface area contributed by atoms with Gasteiger partial charge in [-0.05, 0) is 54.6 Å². The summed E-state index contributed by atoms with van der Waals surface area (Å²) in [5, 5.41) is 0. The Morgan fingerprint density at radius 2 is 1.52 bits per heavy atom. The van der Waals surface area contributed by atoms with E-state index in [0.29, 0.717) is 22.7 Å². The standard InChI is InChI=1S/C21H16FN3O2/c1-26-18-10-5-14(11-19(18)27-2)20-21-17(23-12-24-20)9-8-16(25-21)13-3-6-15(22)7-4-13/h3-12H,1-2H3. The van der Waals surface area contributed by atoms with Gasteiger partial charge in [-0.15, -0.1) is 0 Å². The van der Waals surface area contributed by atoms with E-state index in [4.69, 9.17) is 14.5 Å². The summed E-state index contributed by atoms with van der Waals surface area (Å²) in [6, 6.07) is 15.5. The van der Waals surface area contributed by atoms with Crippen LogP contribution in [0.15, 0.2) is 60.9 Å². The van der Waals surface area contributed by atoms with Gasteiger partial charge in [-0.2, -0.15) is 0 Å². The van der Waals surface area contributed by atoms with E-state index in [1.807, 2.05) is 30.3 Å². The van der Waals surface area contributed by atoms with Gasteiger partial charge in [0.25, 0.3) is 0 Å². The zero-order chi connectivity index (χ0) is 18.8. The molecular weight excluding hydrogens is 345 g/mol. The van der Waals surface area contributed by atoms with Crippen molar-refractivity contribution in [3.8, 4) is 34.0 Å². The highest BCUT2D eigenvalue weighted by Crippen LogP contribution is 2.34. The van der Waals surface area contributed by atoms with Gasteiger partial charge in [-0.3, -0.25) is 0 Å². The lowest BCUT2D eigenvalue weighted by molar-refractivity contribution is 0.355. The predicted molar refractivity (Wildman–Crippen MR) is 101 cm³/mol. The molecule has 0 unspecified atom stereocenters. The van der Waals surface area contributed by atoms with Crippen molar-refractivity contribution >= 4 is 11.0 Å². The Kier molecular flexibility index (Phi) is 4.38. The van der Waals surface area contributed by atoms with Crippen LogP contribution in [0.5, 0.6) is 11.5 Å². The van der Waals surface area contributed by atoms with Crippen molar-refractivity contribution in [2.75, 3.05) is 14.2 Å². The quantitative estimate of drug-likeness (QED) is 0.535. The molecule has 6 heteroatoms. The van der Waals surface area contributed by atoms with Gasteiger partial charge in [-0.1, -0.05) is 0 Å². The molecule has 0 aliphatic heterocycles. The number of nitrogens with zero attached hydrogens (tertiary/aromatic N) is 3. The van der Waals surface area contributed by atoms with Gasteiger partial charge in [0.05, 0.1) is 25.4 Å². The summed E-state index contributed by atoms with van der Waals surface area (Å²) < 4.78 is 23.9. The largest absolute Gasteiger partial charge is 0.493 e. The SMILES string of the molecule is COc1ccc(-c2ncnc3ccc(-c4ccc(F)cc4)nc23)cc1OC. The maximum Gasteiger partial charge on any atom is 0.161 e. The van der Waals surface area contributed by atoms with Crippen LogP contribution in [0.2, 0.25) is 0 Å². The highest BCUT2D eigenvalue weighted by Gasteiger charge is 2.13. The van der Waals surface area contributed by atoms with Crippen LogP contribution in [0.1, 0.15) is 0 Å². The molecule has 0 amide bonds. The molecule has 0 aliphatic rings. The summed E-state index contributed by atoms with van der Waals surface area (Å²) in [6.45, 7) is 0. The van der Waals surface area contributed by atoms with Gasteiger partial charge in [0, 0.05) is 11.1 Å². The zero-order valence-corrected chi connectivity index (χ0v) is 14.8. The molecule has 0 fully saturated rings. The second kappa shape index (κ2) is 6.99. The summed E-state index contributed by atoms with van der Waals surface area (Å²) in [5.41, 5.74) is 4.44. The zero-order valence-electron chi connectivity index (χ0n) is 14.8. The molecule has 134 valence electrons. The summed E-state index contributed by atoms with van der Waals surface area (Å²) >= 11 is 0. The maximum absolute atomic E-state index is 13.2. The third-order valence-corrected chi connectivity index (χ3v) is 4.28. The van der Waals surface area contributed by atoms with E-state index in [1.165, 1.54) is 18.5 Å². The second-order valence-corrected chi connectivity index (χ2v) is 5.86. The smallest absolute Gasteiger partial charge is 0.161 e. The number of rotatable bonds is 4. The third kappa shape index (κ3) is 3.17. The molecular formula is C21H16FN3O2. The monoisotopic (exact) mass is 361 g/mol. The Balaban J connectivity index is 1.88. The summed E-state index contributed by atoms with van der Waals surface area (Å²) in [5.74, 6) is 0.963. The van der Waals surface area contributed by atoms with Crippen molar-refractivity contribution in [2.45, 2.75) is 0 Å². The van der Waals surface area contributed by atoms with Crippen LogP contribution in [0, 0.1) is 5.82 Å². The van der Waals surface area contributed by atoms with Crippen molar-refractivity contribution in [1.82, 2.24) is 15.0 Å². The van der Waals surface area contributed by atoms with Gasteiger partial charge < -0.3 is 9.47 Å². The molecule has 2 aromatic heterocycles. The van der Waals surface area contributed by atoms with Crippen LogP contribution < -0.4 is 9.47 Å². The predicted octanol–water partition coefficient (Wildman–Crippen LogP) is 4.52. The van der Waals surface area contributed by atoms with Crippen LogP contribution in [-0.4, -0.2) is 29.2 Å². The number of fused-ring (bicyclic) bond motifs is 1. The molecule has 5 nitrogen and oxygen atoms in total. The van der Waals surface area contributed by atoms with E-state index in [1.54, 1.807) is 26.4 Å². The molecule has 0 saturated heterocycles. The average Bonchev–Trinajstić information content (AvgIpc) is 2.73. The van der Waals surface area contributed by atoms with Crippen LogP contribution in [0.4, 0.5) is 4.39 Å². The van der Waals surface area contributed by atoms with Crippen molar-refractivity contribution in [3.05, 3.63) is 66.7 Å². The van der Waals surface area contributed by atoms with Crippen molar-refractivity contribution in [2.24, 2.45) is 0 Å². The molecule has 4 aromatic rings. The van der Waals surface area contributed by atoms with Crippen molar-refractivity contribution in [3.63, 3.8) is 0 Å². The van der Waals surface area contributed by atoms with Crippen molar-refractivity contribution in [1.29, 1.82) is 0 Å². The van der Waals surface area contributed by atoms with Gasteiger partial charge >= 0.3 is 0 Å². The molecule has 0 spiro atoms. The van der Waals surface area contributed by atoms with Gasteiger partial charge in [0.2, 0.25) is 0 Å². The molecule has 4 rings (SSSR count). The molecule has 0 atom stereocenters. The molecule has 2 heterocycles. The van der Waals surface area contributed by atoms with Crippen LogP contribution in [-0.2, 0) is 0 Å². The fourth-order valence-electron chi connectivity index (χ4n) is 2.92. The Bertz CT molecular complexity index is 1110. The van der Waals surface area contributed by atoms with E-state index in [9.17, 15) is 4.39 Å². The van der Waals surface area contributed by atoms with E-state index >= 15 is 0 Å². The first-order valence-electron chi connectivity index (χ1n) is 8.29. The van der Waals surface area contributed by atoms with E-state index in [2.05, 4.69) is 9.97 Å². The molecule has 0 bridgehead atoms. The number of methoxy groups -OCH3 is 2. The highest BCUT2D eigenvalue weighted by atomic mass is 19.1. The molecule has 2 aromatic carbocycles. The molecule has 0 saturated carbocycles. The number of hydrogen-bond acceptors (Lipinski definition) is 5. The minimum absolute atomic E-state index is 0.283. The number of ether oxygens (including phenoxy) is 2. The minimum Gasteiger partial charge on any atom is -0.493 e. The lowest BCUT2D eigenvalue weighted by Crippen LogP contribution is -1.95. The maximum atomic E-state index is 13.2. The van der Waals surface area contributed by atoms with E-state index in [-0.39, 0.29) is 5.82 Å². The number of aromatic nitrogens is 3. The number of pyridine rings is 1. The van der Waals surface area contributed by atoms with E-state index in [0.717, 1.165) is 22.3 Å². The van der Waals surface area contributed by atoms with Gasteiger partial charge in [0.1, 0.15) is 23.4 Å². The summed E-state index contributed by atoms with van der Waals surface area (Å²) in [6.07, 6.45) is 1.51. The Hall–Kier alpha value is -3.54. The van der Waals surface area contributed by atoms with Crippen LogP contribution in [0.25, 0.3) is 33.5 Å². The highest BCUT2D eigenvalue weighted by molar-refractivity contribution is 5.90. The number of hydrogen-bond donors (Lipinski definition) is 0. The third-order valence-electron chi connectivity index (χ3n) is 4.28. The summed E-state index contributed by atoms with van der Waals surface area (Å²) in [7, 11) is 3.18. The minimum atomic E-state index is -0.283. The first kappa shape index (κ1) is 16.9. The van der Waals surface area contributed by atoms with Gasteiger partial charge in [-0.25, -0.2) is 19.3 Å². The topological polar surface area (TPSA) is 57.1 Å². The van der Waals surface area contributed by atoms with Gasteiger partial charge in [0.15, 0.2) is 11.5 Å². The normalized spacial score (nSPS) is 10.8. The molecule has 27 heavy (non-hydrogen) atoms. The van der Waals surface area contributed by atoms with Crippen LogP contribution in [0.3, 0.4) is 0 Å². The fraction of sp³-hybridized carbons (Fsp3) is 0.0952. The number of benzene rings is 2. The fourth-order valence-corrected chi connectivity index (χ4v) is 2.92. The first-order chi connectivity index (χ1) is 13.2. The lowest BCUT2D eigenvalue weighted by Gasteiger charge is -2.11. The average molecular weight is 361 g/mol. The van der Waals surface area contributed by atoms with E-state index < -0.39 is 0 Å². The molecule has 0 N–H and O–H groups in total. The Morgan fingerprint density at radius 1 is 0.778 bits per heavy atom. The number of halogens is 1. The van der Waals surface area contributed by atoms with Crippen LogP contribution >= 0.6 is 0 Å². The second-order valence-electron chi connectivity index (χ2n) is 5.86. The molecule has 0 aliphatic carbocycles. The lowest BCUT2D eigenvalue weighted by atomic mass is 10.1. The Morgan fingerprint density at radius 3 is 2.26 bits per heavy atom. The Labute approximate surface area is 155 Å². The summed E-state index contributed by atoms with van der Waals surface area (Å²) in [4.78, 5) is 13.5. The first-order valence-corrected chi connectivity index (χ1v) is 8.29. The van der Waals surface area contributed by atoms with Crippen molar-refractivity contribution < 1.29 is 13.9 Å².